The number of aryl methyl sites for hydroxylation is 2. The van der Waals surface area contributed by atoms with Crippen molar-refractivity contribution < 1.29 is 0 Å². The lowest BCUT2D eigenvalue weighted by Crippen LogP contribution is -2.27. The Bertz CT molecular complexity index is 1090. The third kappa shape index (κ3) is 3.95. The second-order valence-electron chi connectivity index (χ2n) is 8.51. The third-order valence-corrected chi connectivity index (χ3v) is 7.33. The van der Waals surface area contributed by atoms with Crippen LogP contribution in [0.1, 0.15) is 35.1 Å². The molecule has 0 amide bonds. The maximum absolute atomic E-state index is 4.45. The second-order valence-corrected chi connectivity index (χ2v) is 9.54. The van der Waals surface area contributed by atoms with E-state index in [4.69, 9.17) is 0 Å². The van der Waals surface area contributed by atoms with Crippen molar-refractivity contribution in [2.24, 2.45) is 0 Å². The van der Waals surface area contributed by atoms with Crippen LogP contribution in [0.2, 0.25) is 0 Å². The van der Waals surface area contributed by atoms with Gasteiger partial charge in [0.05, 0.1) is 0 Å². The average Bonchev–Trinajstić information content (AvgIpc) is 3.09. The van der Waals surface area contributed by atoms with E-state index in [1.54, 1.807) is 0 Å². The van der Waals surface area contributed by atoms with Gasteiger partial charge in [-0.3, -0.25) is 0 Å². The average molecular weight is 439 g/mol. The molecular weight excluding hydrogens is 412 g/mol. The first-order chi connectivity index (χ1) is 15.2. The van der Waals surface area contributed by atoms with Gasteiger partial charge in [-0.05, 0) is 83.3 Å². The summed E-state index contributed by atoms with van der Waals surface area (Å²) in [6, 6.07) is 35.3. The first kappa shape index (κ1) is 20.5. The Balaban J connectivity index is 1.55. The van der Waals surface area contributed by atoms with Gasteiger partial charge < -0.3 is 0 Å². The zero-order valence-electron chi connectivity index (χ0n) is 17.5. The van der Waals surface area contributed by atoms with Crippen LogP contribution in [-0.2, 0) is 18.3 Å². The molecule has 0 spiro atoms. The molecule has 154 valence electrons. The zero-order valence-corrected chi connectivity index (χ0v) is 19.2. The van der Waals surface area contributed by atoms with Crippen LogP contribution in [0.15, 0.2) is 107 Å². The van der Waals surface area contributed by atoms with E-state index in [9.17, 15) is 0 Å². The first-order valence-electron chi connectivity index (χ1n) is 10.9. The molecule has 5 rings (SSSR count). The molecule has 0 N–H and O–H groups in total. The monoisotopic (exact) mass is 438 g/mol. The lowest BCUT2D eigenvalue weighted by Gasteiger charge is -2.33. The van der Waals surface area contributed by atoms with Gasteiger partial charge >= 0.3 is 0 Å². The van der Waals surface area contributed by atoms with Gasteiger partial charge in [-0.25, -0.2) is 0 Å². The number of thiol groups is 2. The highest BCUT2D eigenvalue weighted by molar-refractivity contribution is 7.80. The van der Waals surface area contributed by atoms with Crippen molar-refractivity contribution in [2.45, 2.75) is 40.9 Å². The summed E-state index contributed by atoms with van der Waals surface area (Å²) in [6.45, 7) is 0. The quantitative estimate of drug-likeness (QED) is 0.282. The fourth-order valence-electron chi connectivity index (χ4n) is 5.12. The van der Waals surface area contributed by atoms with Gasteiger partial charge in [-0.2, -0.15) is 0 Å². The van der Waals surface area contributed by atoms with Gasteiger partial charge in [0.2, 0.25) is 0 Å². The Morgan fingerprint density at radius 2 is 0.871 bits per heavy atom. The summed E-state index contributed by atoms with van der Waals surface area (Å²) in [7, 11) is 0. The van der Waals surface area contributed by atoms with Gasteiger partial charge in [0, 0.05) is 15.2 Å². The summed E-state index contributed by atoms with van der Waals surface area (Å²) in [5.74, 6) is 0. The van der Waals surface area contributed by atoms with Gasteiger partial charge in [0.1, 0.15) is 0 Å². The highest BCUT2D eigenvalue weighted by Crippen LogP contribution is 2.53. The maximum atomic E-state index is 4.45. The fourth-order valence-corrected chi connectivity index (χ4v) is 5.42. The van der Waals surface area contributed by atoms with Crippen LogP contribution in [0.4, 0.5) is 0 Å². The van der Waals surface area contributed by atoms with Crippen LogP contribution in [0.25, 0.3) is 11.1 Å². The second kappa shape index (κ2) is 8.61. The molecule has 0 aliphatic heterocycles. The van der Waals surface area contributed by atoms with Crippen LogP contribution in [0.5, 0.6) is 0 Å². The minimum atomic E-state index is 0.0203. The van der Waals surface area contributed by atoms with Crippen molar-refractivity contribution in [2.75, 3.05) is 0 Å². The Morgan fingerprint density at radius 1 is 0.484 bits per heavy atom. The topological polar surface area (TPSA) is 0 Å². The number of rotatable bonds is 6. The number of hydrogen-bond acceptors (Lipinski definition) is 2. The number of hydrogen-bond donors (Lipinski definition) is 2. The highest BCUT2D eigenvalue weighted by atomic mass is 32.1. The van der Waals surface area contributed by atoms with Crippen LogP contribution in [-0.4, -0.2) is 0 Å². The Labute approximate surface area is 196 Å². The summed E-state index contributed by atoms with van der Waals surface area (Å²) in [6.07, 6.45) is 4.29. The SMILES string of the molecule is Sc1ccc(CCC2(CCc3ccc(S)cc3)c3ccccc3-c3ccccc32)cc1. The molecule has 31 heavy (non-hydrogen) atoms. The summed E-state index contributed by atoms with van der Waals surface area (Å²) >= 11 is 8.91. The largest absolute Gasteiger partial charge is 0.143 e. The van der Waals surface area contributed by atoms with Crippen LogP contribution in [0, 0.1) is 0 Å². The Kier molecular flexibility index (Phi) is 5.69. The molecule has 4 aromatic rings. The maximum Gasteiger partial charge on any atom is 0.0221 e. The molecule has 0 saturated heterocycles. The smallest absolute Gasteiger partial charge is 0.0221 e. The number of benzene rings is 4. The van der Waals surface area contributed by atoms with Crippen molar-refractivity contribution >= 4 is 25.3 Å². The van der Waals surface area contributed by atoms with E-state index >= 15 is 0 Å². The Hall–Kier alpha value is -2.42. The van der Waals surface area contributed by atoms with Crippen molar-refractivity contribution in [3.05, 3.63) is 119 Å². The minimum Gasteiger partial charge on any atom is -0.143 e. The van der Waals surface area contributed by atoms with E-state index in [1.165, 1.54) is 33.4 Å². The molecule has 2 heteroatoms. The van der Waals surface area contributed by atoms with E-state index in [2.05, 4.69) is 122 Å². The molecule has 0 fully saturated rings. The van der Waals surface area contributed by atoms with Gasteiger partial charge in [0.25, 0.3) is 0 Å². The van der Waals surface area contributed by atoms with Gasteiger partial charge in [-0.15, -0.1) is 25.3 Å². The predicted molar refractivity (Wildman–Crippen MR) is 137 cm³/mol. The van der Waals surface area contributed by atoms with Crippen molar-refractivity contribution in [3.63, 3.8) is 0 Å². The van der Waals surface area contributed by atoms with Crippen LogP contribution >= 0.6 is 25.3 Å². The highest BCUT2D eigenvalue weighted by Gasteiger charge is 2.42. The number of fused-ring (bicyclic) bond motifs is 3. The Morgan fingerprint density at radius 3 is 1.29 bits per heavy atom. The molecule has 0 unspecified atom stereocenters. The van der Waals surface area contributed by atoms with Crippen molar-refractivity contribution in [1.82, 2.24) is 0 Å². The summed E-state index contributed by atoms with van der Waals surface area (Å²) in [5.41, 5.74) is 8.52. The molecule has 0 heterocycles. The van der Waals surface area contributed by atoms with Crippen LogP contribution < -0.4 is 0 Å². The summed E-state index contributed by atoms with van der Waals surface area (Å²) < 4.78 is 0. The molecule has 0 atom stereocenters. The van der Waals surface area contributed by atoms with Crippen LogP contribution in [0.3, 0.4) is 0 Å². The third-order valence-electron chi connectivity index (χ3n) is 6.73. The lowest BCUT2D eigenvalue weighted by atomic mass is 9.70. The van der Waals surface area contributed by atoms with E-state index in [0.29, 0.717) is 0 Å². The molecule has 0 aromatic heterocycles. The predicted octanol–water partition coefficient (Wildman–Crippen LogP) is 7.80. The van der Waals surface area contributed by atoms with Crippen molar-refractivity contribution in [1.29, 1.82) is 0 Å². The molecule has 4 aromatic carbocycles. The summed E-state index contributed by atoms with van der Waals surface area (Å²) in [5, 5.41) is 0. The molecule has 0 saturated carbocycles. The first-order valence-corrected chi connectivity index (χ1v) is 11.8. The molecule has 0 bridgehead atoms. The van der Waals surface area contributed by atoms with E-state index in [-0.39, 0.29) is 5.41 Å². The molecule has 1 aliphatic rings. The van der Waals surface area contributed by atoms with Crippen molar-refractivity contribution in [3.8, 4) is 11.1 Å². The molecular formula is C29H26S2. The molecule has 1 aliphatic carbocycles. The van der Waals surface area contributed by atoms with E-state index < -0.39 is 0 Å². The molecule has 0 nitrogen and oxygen atoms in total. The summed E-state index contributed by atoms with van der Waals surface area (Å²) in [4.78, 5) is 2.03. The van der Waals surface area contributed by atoms with E-state index in [1.807, 2.05) is 0 Å². The zero-order chi connectivity index (χ0) is 21.3. The lowest BCUT2D eigenvalue weighted by molar-refractivity contribution is 0.446. The van der Waals surface area contributed by atoms with Gasteiger partial charge in [0.15, 0.2) is 0 Å². The minimum absolute atomic E-state index is 0.0203. The fraction of sp³-hybridized carbons (Fsp3) is 0.172. The van der Waals surface area contributed by atoms with E-state index in [0.717, 1.165) is 35.5 Å². The standard InChI is InChI=1S/C29H26S2/c30-23-13-9-21(10-14-23)17-19-29(20-18-22-11-15-24(31)16-12-22)27-7-3-1-5-25(27)26-6-2-4-8-28(26)29/h1-16,30-31H,17-20H2. The normalized spacial score (nSPS) is 13.6. The van der Waals surface area contributed by atoms with Gasteiger partial charge in [-0.1, -0.05) is 72.8 Å². The molecule has 0 radical (unpaired) electrons.